The first kappa shape index (κ1) is 26.5. The fourth-order valence-electron chi connectivity index (χ4n) is 4.09. The second kappa shape index (κ2) is 10.4. The number of carbonyl (C=O) groups is 1. The molecule has 3 aromatic rings. The number of methoxy groups -OCH3 is 1. The molecule has 0 bridgehead atoms. The molecule has 1 aliphatic rings. The first-order valence-electron chi connectivity index (χ1n) is 11.1. The molecule has 1 aromatic carbocycles. The monoisotopic (exact) mass is 536 g/mol. The van der Waals surface area contributed by atoms with Crippen molar-refractivity contribution in [1.82, 2.24) is 24.6 Å². The number of anilines is 1. The summed E-state index contributed by atoms with van der Waals surface area (Å²) in [5, 5.41) is 13.2. The summed E-state index contributed by atoms with van der Waals surface area (Å²) in [7, 11) is -3.07. The molecule has 0 amide bonds. The van der Waals surface area contributed by atoms with E-state index >= 15 is 4.39 Å². The van der Waals surface area contributed by atoms with Crippen LogP contribution in [0, 0.1) is 5.92 Å². The molecule has 0 saturated heterocycles. The maximum atomic E-state index is 15.4. The van der Waals surface area contributed by atoms with Crippen molar-refractivity contribution in [3.05, 3.63) is 59.2 Å². The standard InChI is InChI=1S/C22H26FN6O7P/c1-11-14(9-35-37(33,28-12(2)21(32)34-3)36-13-7-5-4-6-8-13)18(30)15(23)17(11)29-10-25-16-19(29)26-22(24)27-20(16)31/h4-8,10,12,14-15,17-18,30H,1,9H2,2-3H3,(H,28,33)(H3,24,26,27,31)/t12-,14?,15?,17?,18?,37?/m1/s1. The number of para-hydroxylation sites is 1. The molecule has 1 saturated carbocycles. The summed E-state index contributed by atoms with van der Waals surface area (Å²) in [6, 6.07) is 5.82. The van der Waals surface area contributed by atoms with Crippen LogP contribution in [-0.4, -0.2) is 62.6 Å². The molecule has 1 aliphatic carbocycles. The van der Waals surface area contributed by atoms with E-state index in [1.165, 1.54) is 37.1 Å². The second-order valence-corrected chi connectivity index (χ2v) is 10.1. The number of nitrogens with zero attached hydrogens (tertiary/aromatic N) is 3. The zero-order valence-electron chi connectivity index (χ0n) is 19.9. The summed E-state index contributed by atoms with van der Waals surface area (Å²) < 4.78 is 46.0. The van der Waals surface area contributed by atoms with Gasteiger partial charge in [0.2, 0.25) is 5.95 Å². The smallest absolute Gasteiger partial charge is 0.459 e. The summed E-state index contributed by atoms with van der Waals surface area (Å²) in [5.41, 5.74) is 5.14. The molecule has 4 rings (SSSR count). The number of nitrogen functional groups attached to an aromatic ring is 1. The van der Waals surface area contributed by atoms with Crippen LogP contribution in [0.3, 0.4) is 0 Å². The summed E-state index contributed by atoms with van der Waals surface area (Å²) in [6.45, 7) is 4.83. The number of esters is 1. The number of carbonyl (C=O) groups excluding carboxylic acids is 1. The average Bonchev–Trinajstić information content (AvgIpc) is 3.35. The van der Waals surface area contributed by atoms with Crippen LogP contribution in [0.15, 0.2) is 53.6 Å². The lowest BCUT2D eigenvalue weighted by Crippen LogP contribution is -2.35. The Hall–Kier alpha value is -3.58. The Morgan fingerprint density at radius 1 is 1.41 bits per heavy atom. The number of imidazole rings is 1. The lowest BCUT2D eigenvalue weighted by molar-refractivity contribution is -0.142. The number of ether oxygens (including phenoxy) is 1. The highest BCUT2D eigenvalue weighted by Crippen LogP contribution is 2.48. The molecule has 198 valence electrons. The predicted octanol–water partition coefficient (Wildman–Crippen LogP) is 1.48. The Balaban J connectivity index is 1.58. The molecule has 1 fully saturated rings. The van der Waals surface area contributed by atoms with Crippen molar-refractivity contribution in [3.8, 4) is 5.75 Å². The molecule has 5 unspecified atom stereocenters. The molecular formula is C22H26FN6O7P. The van der Waals surface area contributed by atoms with Gasteiger partial charge >= 0.3 is 13.7 Å². The number of aromatic amines is 1. The summed E-state index contributed by atoms with van der Waals surface area (Å²) >= 11 is 0. The third-order valence-corrected chi connectivity index (χ3v) is 7.59. The van der Waals surface area contributed by atoms with Gasteiger partial charge in [-0.15, -0.1) is 0 Å². The number of benzene rings is 1. The number of aromatic nitrogens is 4. The topological polar surface area (TPSA) is 184 Å². The van der Waals surface area contributed by atoms with Crippen molar-refractivity contribution in [1.29, 1.82) is 0 Å². The van der Waals surface area contributed by atoms with Gasteiger partial charge in [-0.1, -0.05) is 24.8 Å². The van der Waals surface area contributed by atoms with E-state index in [2.05, 4.69) is 31.4 Å². The van der Waals surface area contributed by atoms with E-state index in [9.17, 15) is 19.3 Å². The van der Waals surface area contributed by atoms with Gasteiger partial charge in [-0.05, 0) is 24.6 Å². The molecule has 2 heterocycles. The van der Waals surface area contributed by atoms with Crippen LogP contribution in [0.5, 0.6) is 5.75 Å². The highest BCUT2D eigenvalue weighted by molar-refractivity contribution is 7.52. The number of rotatable bonds is 9. The molecule has 0 radical (unpaired) electrons. The number of halogens is 1. The Morgan fingerprint density at radius 3 is 2.78 bits per heavy atom. The van der Waals surface area contributed by atoms with Crippen molar-refractivity contribution in [3.63, 3.8) is 0 Å². The summed E-state index contributed by atoms with van der Waals surface area (Å²) in [6.07, 6.45) is -2.30. The molecule has 0 spiro atoms. The van der Waals surface area contributed by atoms with Crippen LogP contribution in [0.2, 0.25) is 0 Å². The fourth-order valence-corrected chi connectivity index (χ4v) is 5.61. The van der Waals surface area contributed by atoms with E-state index < -0.39 is 56.2 Å². The van der Waals surface area contributed by atoms with Gasteiger partial charge in [-0.25, -0.2) is 13.9 Å². The highest BCUT2D eigenvalue weighted by atomic mass is 31.2. The number of nitrogens with two attached hydrogens (primary N) is 1. The van der Waals surface area contributed by atoms with E-state index in [0.717, 1.165) is 0 Å². The van der Waals surface area contributed by atoms with Gasteiger partial charge in [0.05, 0.1) is 32.2 Å². The van der Waals surface area contributed by atoms with Crippen LogP contribution < -0.4 is 20.9 Å². The molecule has 37 heavy (non-hydrogen) atoms. The van der Waals surface area contributed by atoms with E-state index in [-0.39, 0.29) is 28.4 Å². The number of nitrogens with one attached hydrogen (secondary N) is 2. The van der Waals surface area contributed by atoms with Gasteiger partial charge in [0.1, 0.15) is 11.8 Å². The van der Waals surface area contributed by atoms with Gasteiger partial charge in [-0.3, -0.25) is 19.1 Å². The molecule has 6 atom stereocenters. The average molecular weight is 536 g/mol. The van der Waals surface area contributed by atoms with Crippen LogP contribution in [0.25, 0.3) is 11.2 Å². The third-order valence-electron chi connectivity index (χ3n) is 5.95. The first-order valence-corrected chi connectivity index (χ1v) is 12.7. The van der Waals surface area contributed by atoms with Crippen molar-refractivity contribution in [2.24, 2.45) is 5.92 Å². The lowest BCUT2D eigenvalue weighted by atomic mass is 10.0. The molecule has 2 aromatic heterocycles. The van der Waals surface area contributed by atoms with Crippen molar-refractivity contribution >= 4 is 30.8 Å². The Labute approximate surface area is 210 Å². The zero-order chi connectivity index (χ0) is 26.9. The second-order valence-electron chi connectivity index (χ2n) is 8.41. The minimum Gasteiger partial charge on any atom is -0.468 e. The van der Waals surface area contributed by atoms with Crippen LogP contribution in [-0.2, 0) is 18.6 Å². The van der Waals surface area contributed by atoms with Crippen LogP contribution in [0.4, 0.5) is 10.3 Å². The third kappa shape index (κ3) is 5.27. The summed E-state index contributed by atoms with van der Waals surface area (Å²) in [4.78, 5) is 34.3. The van der Waals surface area contributed by atoms with Gasteiger partial charge < -0.3 is 24.7 Å². The summed E-state index contributed by atoms with van der Waals surface area (Å²) in [5.74, 6) is -1.77. The Bertz CT molecular complexity index is 1410. The van der Waals surface area contributed by atoms with Crippen LogP contribution in [0.1, 0.15) is 13.0 Å². The number of hydrogen-bond acceptors (Lipinski definition) is 10. The predicted molar refractivity (Wildman–Crippen MR) is 130 cm³/mol. The molecular weight excluding hydrogens is 510 g/mol. The van der Waals surface area contributed by atoms with Crippen molar-refractivity contribution < 1.29 is 32.6 Å². The van der Waals surface area contributed by atoms with Gasteiger partial charge in [-0.2, -0.15) is 10.1 Å². The van der Waals surface area contributed by atoms with Gasteiger partial charge in [0.15, 0.2) is 17.3 Å². The van der Waals surface area contributed by atoms with E-state index in [1.54, 1.807) is 18.2 Å². The van der Waals surface area contributed by atoms with E-state index in [4.69, 9.17) is 14.8 Å². The number of fused-ring (bicyclic) bond motifs is 1. The van der Waals surface area contributed by atoms with Crippen molar-refractivity contribution in [2.45, 2.75) is 31.3 Å². The normalized spacial score (nSPS) is 24.1. The molecule has 15 heteroatoms. The maximum Gasteiger partial charge on any atom is 0.459 e. The zero-order valence-corrected chi connectivity index (χ0v) is 20.8. The minimum absolute atomic E-state index is 0.00969. The fraction of sp³-hybridized carbons (Fsp3) is 0.364. The van der Waals surface area contributed by atoms with Crippen molar-refractivity contribution in [2.75, 3.05) is 19.5 Å². The van der Waals surface area contributed by atoms with E-state index in [1.807, 2.05) is 0 Å². The molecule has 5 N–H and O–H groups in total. The van der Waals surface area contributed by atoms with Crippen LogP contribution >= 0.6 is 7.75 Å². The van der Waals surface area contributed by atoms with Gasteiger partial charge in [0, 0.05) is 5.92 Å². The number of aliphatic hydroxyl groups excluding tert-OH is 1. The number of aliphatic hydroxyl groups is 1. The highest BCUT2D eigenvalue weighted by Gasteiger charge is 2.48. The number of H-pyrrole nitrogens is 1. The van der Waals surface area contributed by atoms with E-state index in [0.29, 0.717) is 0 Å². The molecule has 0 aliphatic heterocycles. The largest absolute Gasteiger partial charge is 0.468 e. The lowest BCUT2D eigenvalue weighted by Gasteiger charge is -2.25. The SMILES string of the molecule is C=C1C(COP(=O)(N[C@H](C)C(=O)OC)Oc2ccccc2)C(O)C(F)C1n1cnc2c(=O)[nH]c(N)nc21. The Kier molecular flexibility index (Phi) is 7.46. The Morgan fingerprint density at radius 2 is 2.11 bits per heavy atom. The first-order chi connectivity index (χ1) is 17.5. The maximum absolute atomic E-state index is 15.4. The molecule has 13 nitrogen and oxygen atoms in total. The number of alkyl halides is 1. The number of hydrogen-bond donors (Lipinski definition) is 4. The minimum atomic E-state index is -4.24. The van der Waals surface area contributed by atoms with Gasteiger partial charge in [0.25, 0.3) is 5.56 Å². The quantitative estimate of drug-likeness (QED) is 0.176.